The maximum absolute atomic E-state index is 12.9. The van der Waals surface area contributed by atoms with E-state index in [1.165, 1.54) is 18.1 Å². The number of likely N-dealkylation sites (tertiary alicyclic amines) is 1. The van der Waals surface area contributed by atoms with Crippen LogP contribution in [0.4, 0.5) is 5.69 Å². The molecule has 142 valence electrons. The molecule has 0 saturated carbocycles. The predicted octanol–water partition coefficient (Wildman–Crippen LogP) is 3.95. The van der Waals surface area contributed by atoms with Crippen LogP contribution in [0.1, 0.15) is 23.2 Å². The second-order valence-electron chi connectivity index (χ2n) is 6.16. The van der Waals surface area contributed by atoms with Gasteiger partial charge in [-0.05, 0) is 43.2 Å². The van der Waals surface area contributed by atoms with Gasteiger partial charge in [0.05, 0.1) is 12.7 Å². The van der Waals surface area contributed by atoms with Gasteiger partial charge in [0.25, 0.3) is 5.91 Å². The lowest BCUT2D eigenvalue weighted by molar-refractivity contribution is -0.119. The lowest BCUT2D eigenvalue weighted by Crippen LogP contribution is -2.43. The zero-order chi connectivity index (χ0) is 19.6. The van der Waals surface area contributed by atoms with Crippen LogP contribution < -0.4 is 10.1 Å². The fourth-order valence-electron chi connectivity index (χ4n) is 3.15. The van der Waals surface area contributed by atoms with Gasteiger partial charge in [-0.1, -0.05) is 29.3 Å². The third-order valence-corrected chi connectivity index (χ3v) is 4.83. The molecule has 2 amide bonds. The summed E-state index contributed by atoms with van der Waals surface area (Å²) in [5.74, 6) is -0.790. The number of rotatable bonds is 4. The van der Waals surface area contributed by atoms with Crippen molar-refractivity contribution in [2.45, 2.75) is 18.9 Å². The van der Waals surface area contributed by atoms with Gasteiger partial charge in [0.2, 0.25) is 5.91 Å². The minimum absolute atomic E-state index is 0.0971. The Morgan fingerprint density at radius 3 is 2.59 bits per heavy atom. The van der Waals surface area contributed by atoms with Gasteiger partial charge < -0.3 is 20.1 Å². The highest BCUT2D eigenvalue weighted by molar-refractivity contribution is 6.35. The van der Waals surface area contributed by atoms with E-state index in [4.69, 9.17) is 27.9 Å². The first kappa shape index (κ1) is 19.3. The number of phenols is 1. The van der Waals surface area contributed by atoms with Crippen molar-refractivity contribution in [1.29, 1.82) is 0 Å². The second-order valence-corrected chi connectivity index (χ2v) is 7.03. The van der Waals surface area contributed by atoms with Crippen LogP contribution in [0.15, 0.2) is 36.4 Å². The fraction of sp³-hybridized carbons (Fsp3) is 0.263. The SMILES string of the molecule is COc1cccc(C(=O)N2CCCC2C(=O)Nc2cc(Cl)cc(Cl)c2)c1O. The first-order chi connectivity index (χ1) is 12.9. The van der Waals surface area contributed by atoms with Crippen LogP contribution in [0.25, 0.3) is 0 Å². The van der Waals surface area contributed by atoms with Crippen molar-refractivity contribution in [2.24, 2.45) is 0 Å². The number of aromatic hydroxyl groups is 1. The highest BCUT2D eigenvalue weighted by atomic mass is 35.5. The van der Waals surface area contributed by atoms with Crippen LogP contribution in [0.5, 0.6) is 11.5 Å². The molecule has 1 atom stereocenters. The summed E-state index contributed by atoms with van der Waals surface area (Å²) < 4.78 is 5.05. The molecule has 3 rings (SSSR count). The molecule has 1 aliphatic heterocycles. The maximum atomic E-state index is 12.9. The summed E-state index contributed by atoms with van der Waals surface area (Å²) in [5, 5.41) is 13.8. The summed E-state index contributed by atoms with van der Waals surface area (Å²) in [6.07, 6.45) is 1.21. The van der Waals surface area contributed by atoms with Crippen molar-refractivity contribution in [2.75, 3.05) is 19.0 Å². The average molecular weight is 409 g/mol. The predicted molar refractivity (Wildman–Crippen MR) is 104 cm³/mol. The number of methoxy groups -OCH3 is 1. The first-order valence-electron chi connectivity index (χ1n) is 8.34. The van der Waals surface area contributed by atoms with Crippen molar-refractivity contribution in [3.63, 3.8) is 0 Å². The van der Waals surface area contributed by atoms with E-state index in [1.54, 1.807) is 30.3 Å². The number of nitrogens with one attached hydrogen (secondary N) is 1. The van der Waals surface area contributed by atoms with Gasteiger partial charge in [-0.15, -0.1) is 0 Å². The van der Waals surface area contributed by atoms with E-state index in [-0.39, 0.29) is 23.0 Å². The summed E-state index contributed by atoms with van der Waals surface area (Å²) in [6, 6.07) is 8.76. The Morgan fingerprint density at radius 2 is 1.93 bits per heavy atom. The number of carbonyl (C=O) groups excluding carboxylic acids is 2. The number of halogens is 2. The number of benzene rings is 2. The van der Waals surface area contributed by atoms with E-state index in [2.05, 4.69) is 5.32 Å². The molecule has 2 aromatic rings. The van der Waals surface area contributed by atoms with E-state index < -0.39 is 11.9 Å². The number of carbonyl (C=O) groups is 2. The molecule has 27 heavy (non-hydrogen) atoms. The largest absolute Gasteiger partial charge is 0.504 e. The summed E-state index contributed by atoms with van der Waals surface area (Å²) in [4.78, 5) is 27.1. The molecule has 0 bridgehead atoms. The van der Waals surface area contributed by atoms with Crippen molar-refractivity contribution in [1.82, 2.24) is 4.90 Å². The van der Waals surface area contributed by atoms with E-state index in [0.717, 1.165) is 0 Å². The normalized spacial score (nSPS) is 16.3. The van der Waals surface area contributed by atoms with E-state index in [1.807, 2.05) is 0 Å². The fourth-order valence-corrected chi connectivity index (χ4v) is 3.67. The van der Waals surface area contributed by atoms with Crippen LogP contribution in [-0.2, 0) is 4.79 Å². The molecule has 0 spiro atoms. The average Bonchev–Trinajstić information content (AvgIpc) is 3.10. The summed E-state index contributed by atoms with van der Waals surface area (Å²) in [6.45, 7) is 0.421. The van der Waals surface area contributed by atoms with Gasteiger partial charge in [-0.2, -0.15) is 0 Å². The summed E-state index contributed by atoms with van der Waals surface area (Å²) >= 11 is 11.9. The molecular weight excluding hydrogens is 391 g/mol. The maximum Gasteiger partial charge on any atom is 0.258 e. The van der Waals surface area contributed by atoms with Crippen molar-refractivity contribution >= 4 is 40.7 Å². The van der Waals surface area contributed by atoms with Crippen molar-refractivity contribution < 1.29 is 19.4 Å². The van der Waals surface area contributed by atoms with Crippen LogP contribution >= 0.6 is 23.2 Å². The topological polar surface area (TPSA) is 78.9 Å². The van der Waals surface area contributed by atoms with Crippen molar-refractivity contribution in [3.05, 3.63) is 52.0 Å². The third-order valence-electron chi connectivity index (χ3n) is 4.40. The van der Waals surface area contributed by atoms with Crippen LogP contribution in [-0.4, -0.2) is 41.5 Å². The monoisotopic (exact) mass is 408 g/mol. The van der Waals surface area contributed by atoms with Gasteiger partial charge in [0.15, 0.2) is 11.5 Å². The number of anilines is 1. The molecule has 1 fully saturated rings. The highest BCUT2D eigenvalue weighted by Gasteiger charge is 2.35. The number of nitrogens with zero attached hydrogens (tertiary/aromatic N) is 1. The Bertz CT molecular complexity index is 868. The number of ether oxygens (including phenoxy) is 1. The van der Waals surface area contributed by atoms with E-state index in [0.29, 0.717) is 35.1 Å². The minimum Gasteiger partial charge on any atom is -0.504 e. The van der Waals surface area contributed by atoms with Gasteiger partial charge in [-0.25, -0.2) is 0 Å². The molecule has 1 heterocycles. The smallest absolute Gasteiger partial charge is 0.258 e. The Hall–Kier alpha value is -2.44. The molecule has 6 nitrogen and oxygen atoms in total. The standard InChI is InChI=1S/C19H18Cl2N2O4/c1-27-16-6-2-4-14(17(16)24)19(26)23-7-3-5-15(23)18(25)22-13-9-11(20)8-12(21)10-13/h2,4,6,8-10,15,24H,3,5,7H2,1H3,(H,22,25). The number of phenolic OH excluding ortho intramolecular Hbond substituents is 1. The Balaban J connectivity index is 1.80. The molecule has 2 N–H and O–H groups in total. The Labute approximate surface area is 166 Å². The number of hydrogen-bond donors (Lipinski definition) is 2. The molecule has 1 unspecified atom stereocenters. The third kappa shape index (κ3) is 4.12. The highest BCUT2D eigenvalue weighted by Crippen LogP contribution is 2.32. The zero-order valence-corrected chi connectivity index (χ0v) is 16.0. The molecule has 2 aromatic carbocycles. The van der Waals surface area contributed by atoms with Crippen LogP contribution in [0.2, 0.25) is 10.0 Å². The molecule has 0 radical (unpaired) electrons. The number of hydrogen-bond acceptors (Lipinski definition) is 4. The molecule has 0 aromatic heterocycles. The van der Waals surface area contributed by atoms with E-state index in [9.17, 15) is 14.7 Å². The zero-order valence-electron chi connectivity index (χ0n) is 14.5. The second kappa shape index (κ2) is 8.06. The molecule has 8 heteroatoms. The molecule has 1 saturated heterocycles. The lowest BCUT2D eigenvalue weighted by atomic mass is 10.1. The van der Waals surface area contributed by atoms with Crippen molar-refractivity contribution in [3.8, 4) is 11.5 Å². The van der Waals surface area contributed by atoms with E-state index >= 15 is 0 Å². The minimum atomic E-state index is -0.652. The Morgan fingerprint density at radius 1 is 1.22 bits per heavy atom. The van der Waals surface area contributed by atoms with Gasteiger partial charge in [0, 0.05) is 22.3 Å². The quantitative estimate of drug-likeness (QED) is 0.802. The van der Waals surface area contributed by atoms with Crippen LogP contribution in [0, 0.1) is 0 Å². The molecule has 0 aliphatic carbocycles. The number of para-hydroxylation sites is 1. The lowest BCUT2D eigenvalue weighted by Gasteiger charge is -2.24. The summed E-state index contributed by atoms with van der Waals surface area (Å²) in [7, 11) is 1.41. The van der Waals surface area contributed by atoms with Gasteiger partial charge >= 0.3 is 0 Å². The number of amides is 2. The molecule has 1 aliphatic rings. The van der Waals surface area contributed by atoms with Gasteiger partial charge in [0.1, 0.15) is 6.04 Å². The first-order valence-corrected chi connectivity index (χ1v) is 9.10. The van der Waals surface area contributed by atoms with Crippen LogP contribution in [0.3, 0.4) is 0 Å². The Kier molecular flexibility index (Phi) is 5.77. The summed E-state index contributed by atoms with van der Waals surface area (Å²) in [5.41, 5.74) is 0.556. The van der Waals surface area contributed by atoms with Gasteiger partial charge in [-0.3, -0.25) is 9.59 Å². The molecular formula is C19H18Cl2N2O4.